The molecule has 2 aliphatic rings. The van der Waals surface area contributed by atoms with Crippen LogP contribution in [0.2, 0.25) is 5.02 Å². The number of carbonyl (C=O) groups excluding carboxylic acids is 2. The first kappa shape index (κ1) is 28.7. The number of fused-ring (bicyclic) bond motifs is 4. The molecule has 3 heterocycles. The maximum Gasteiger partial charge on any atom is 0.423 e. The number of nitrogens with zero attached hydrogens (tertiary/aromatic N) is 3. The van der Waals surface area contributed by atoms with Crippen LogP contribution in [0.4, 0.5) is 46.9 Å². The molecule has 0 bridgehead atoms. The SMILES string of the molecule is O=C1N[C@H](c2cc(F)ccc2Cl)c2c(NC(=O)N3C[C@@](O)(C(F)(F)F)c4cc(F)ccc43)cc3c(cnn3CC(F)F)c21. The predicted molar refractivity (Wildman–Crippen MR) is 139 cm³/mol. The Hall–Kier alpha value is -4.37. The minimum Gasteiger partial charge on any atom is -0.375 e. The maximum atomic E-state index is 14.2. The second kappa shape index (κ2) is 9.84. The van der Waals surface area contributed by atoms with Crippen LogP contribution in [0.25, 0.3) is 10.9 Å². The van der Waals surface area contributed by atoms with E-state index in [1.165, 1.54) is 12.1 Å². The van der Waals surface area contributed by atoms with Gasteiger partial charge in [0.25, 0.3) is 12.3 Å². The predicted octanol–water partition coefficient (Wildman–Crippen LogP) is 5.87. The number of aliphatic hydroxyl groups is 1. The average molecular weight is 628 g/mol. The molecule has 3 aromatic carbocycles. The van der Waals surface area contributed by atoms with Gasteiger partial charge in [0, 0.05) is 27.1 Å². The second-order valence-electron chi connectivity index (χ2n) is 9.97. The summed E-state index contributed by atoms with van der Waals surface area (Å²) in [7, 11) is 0. The van der Waals surface area contributed by atoms with Crippen molar-refractivity contribution in [3.05, 3.63) is 87.6 Å². The van der Waals surface area contributed by atoms with Gasteiger partial charge in [-0.05, 0) is 42.5 Å². The highest BCUT2D eigenvalue weighted by molar-refractivity contribution is 6.31. The first-order valence-corrected chi connectivity index (χ1v) is 12.8. The van der Waals surface area contributed by atoms with E-state index in [1.807, 2.05) is 0 Å². The lowest BCUT2D eigenvalue weighted by molar-refractivity contribution is -0.258. The Balaban J connectivity index is 1.50. The van der Waals surface area contributed by atoms with Gasteiger partial charge in [-0.3, -0.25) is 14.4 Å². The van der Waals surface area contributed by atoms with Crippen LogP contribution < -0.4 is 15.5 Å². The molecule has 2 aliphatic heterocycles. The third-order valence-corrected chi connectivity index (χ3v) is 7.74. The van der Waals surface area contributed by atoms with Gasteiger partial charge >= 0.3 is 12.2 Å². The highest BCUT2D eigenvalue weighted by atomic mass is 35.5. The van der Waals surface area contributed by atoms with Gasteiger partial charge < -0.3 is 15.7 Å². The summed E-state index contributed by atoms with van der Waals surface area (Å²) in [5.41, 5.74) is -5.24. The summed E-state index contributed by atoms with van der Waals surface area (Å²) in [4.78, 5) is 27.3. The number of nitrogens with one attached hydrogen (secondary N) is 2. The largest absolute Gasteiger partial charge is 0.423 e. The van der Waals surface area contributed by atoms with Gasteiger partial charge in [-0.1, -0.05) is 11.6 Å². The smallest absolute Gasteiger partial charge is 0.375 e. The van der Waals surface area contributed by atoms with Crippen LogP contribution >= 0.6 is 11.6 Å². The van der Waals surface area contributed by atoms with Crippen LogP contribution in [-0.4, -0.2) is 46.0 Å². The fourth-order valence-electron chi connectivity index (χ4n) is 5.48. The average Bonchev–Trinajstić information content (AvgIpc) is 3.57. The summed E-state index contributed by atoms with van der Waals surface area (Å²) in [6, 6.07) is 4.26. The number of urea groups is 1. The summed E-state index contributed by atoms with van der Waals surface area (Å²) in [5, 5.41) is 19.6. The molecular weight excluding hydrogens is 611 g/mol. The van der Waals surface area contributed by atoms with E-state index < -0.39 is 72.2 Å². The van der Waals surface area contributed by atoms with E-state index in [9.17, 15) is 45.4 Å². The lowest BCUT2D eigenvalue weighted by Gasteiger charge is -2.27. The zero-order valence-electron chi connectivity index (χ0n) is 21.3. The molecule has 3 amide bonds. The zero-order chi connectivity index (χ0) is 31.0. The van der Waals surface area contributed by atoms with Crippen LogP contribution in [-0.2, 0) is 12.1 Å². The summed E-state index contributed by atoms with van der Waals surface area (Å²) in [5.74, 6) is -2.55. The Bertz CT molecular complexity index is 1830. The Morgan fingerprint density at radius 2 is 1.86 bits per heavy atom. The van der Waals surface area contributed by atoms with Crippen molar-refractivity contribution in [2.45, 2.75) is 30.8 Å². The highest BCUT2D eigenvalue weighted by Crippen LogP contribution is 2.49. The zero-order valence-corrected chi connectivity index (χ0v) is 22.1. The summed E-state index contributed by atoms with van der Waals surface area (Å²) in [6.07, 6.45) is -7.00. The van der Waals surface area contributed by atoms with E-state index in [1.54, 1.807) is 0 Å². The molecule has 0 saturated carbocycles. The standard InChI is InChI=1S/C27H17ClF7N5O3/c28-16-3-1-11(29)5-13(16)23-22-17(7-19-14(21(22)24(41)38-23)8-36-40(19)9-20(31)32)37-25(42)39-10-26(43,27(33,34)35)15-6-12(30)2-4-18(15)39/h1-8,20,23,43H,9-10H2,(H,37,42)(H,38,41)/t23-,26+/m1/s1. The van der Waals surface area contributed by atoms with Crippen LogP contribution in [0.3, 0.4) is 0 Å². The molecule has 224 valence electrons. The van der Waals surface area contributed by atoms with Crippen molar-refractivity contribution in [1.29, 1.82) is 0 Å². The molecule has 2 atom stereocenters. The normalized spacial score (nSPS) is 19.6. The van der Waals surface area contributed by atoms with Gasteiger partial charge in [0.1, 0.15) is 18.2 Å². The lowest BCUT2D eigenvalue weighted by Crippen LogP contribution is -2.48. The number of halogens is 8. The molecule has 43 heavy (non-hydrogen) atoms. The fourth-order valence-corrected chi connectivity index (χ4v) is 5.71. The number of aromatic nitrogens is 2. The number of carbonyl (C=O) groups is 2. The van der Waals surface area contributed by atoms with Gasteiger partial charge in [0.2, 0.25) is 5.60 Å². The summed E-state index contributed by atoms with van der Waals surface area (Å²) >= 11 is 6.30. The van der Waals surface area contributed by atoms with Gasteiger partial charge in [0.05, 0.1) is 41.2 Å². The van der Waals surface area contributed by atoms with Crippen molar-refractivity contribution in [1.82, 2.24) is 15.1 Å². The molecule has 16 heteroatoms. The molecule has 0 saturated heterocycles. The molecule has 8 nitrogen and oxygen atoms in total. The van der Waals surface area contributed by atoms with Gasteiger partial charge in [0.15, 0.2) is 0 Å². The molecule has 0 aliphatic carbocycles. The van der Waals surface area contributed by atoms with Crippen molar-refractivity contribution in [2.75, 3.05) is 16.8 Å². The van der Waals surface area contributed by atoms with Crippen LogP contribution in [0.5, 0.6) is 0 Å². The number of anilines is 2. The number of alkyl halides is 5. The Labute approximate surface area is 241 Å². The van der Waals surface area contributed by atoms with Crippen molar-refractivity contribution >= 4 is 45.8 Å². The lowest BCUT2D eigenvalue weighted by atomic mass is 9.94. The van der Waals surface area contributed by atoms with E-state index in [-0.39, 0.29) is 38.3 Å². The van der Waals surface area contributed by atoms with Crippen molar-refractivity contribution in [2.24, 2.45) is 0 Å². The Kier molecular flexibility index (Phi) is 6.58. The van der Waals surface area contributed by atoms with E-state index in [2.05, 4.69) is 15.7 Å². The van der Waals surface area contributed by atoms with Crippen LogP contribution in [0, 0.1) is 11.6 Å². The monoisotopic (exact) mass is 627 g/mol. The summed E-state index contributed by atoms with van der Waals surface area (Å²) in [6.45, 7) is -2.23. The topological polar surface area (TPSA) is 99.5 Å². The van der Waals surface area contributed by atoms with Gasteiger partial charge in [-0.2, -0.15) is 18.3 Å². The number of hydrogen-bond donors (Lipinski definition) is 3. The number of β-amino-alcohol motifs (C(OH)–C–C–N with tert-alkyl or cyclic N) is 1. The Morgan fingerprint density at radius 3 is 2.56 bits per heavy atom. The summed E-state index contributed by atoms with van der Waals surface area (Å²) < 4.78 is 97.5. The molecular formula is C27H17ClF7N5O3. The molecule has 0 spiro atoms. The molecule has 3 N–H and O–H groups in total. The van der Waals surface area contributed by atoms with Gasteiger partial charge in [-0.15, -0.1) is 0 Å². The minimum atomic E-state index is -5.30. The first-order chi connectivity index (χ1) is 20.2. The highest BCUT2D eigenvalue weighted by Gasteiger charge is 2.61. The molecule has 0 unspecified atom stereocenters. The van der Waals surface area contributed by atoms with Crippen molar-refractivity contribution in [3.8, 4) is 0 Å². The quantitative estimate of drug-likeness (QED) is 0.247. The first-order valence-electron chi connectivity index (χ1n) is 12.4. The third-order valence-electron chi connectivity index (χ3n) is 7.40. The third kappa shape index (κ3) is 4.54. The van der Waals surface area contributed by atoms with Crippen molar-refractivity contribution in [3.63, 3.8) is 0 Å². The maximum absolute atomic E-state index is 14.2. The van der Waals surface area contributed by atoms with E-state index in [4.69, 9.17) is 11.6 Å². The van der Waals surface area contributed by atoms with E-state index >= 15 is 0 Å². The molecule has 6 rings (SSSR count). The number of hydrogen-bond acceptors (Lipinski definition) is 4. The molecule has 1 aromatic heterocycles. The molecule has 4 aromatic rings. The fraction of sp³-hybridized carbons (Fsp3) is 0.222. The van der Waals surface area contributed by atoms with Crippen LogP contribution in [0.1, 0.15) is 33.1 Å². The van der Waals surface area contributed by atoms with E-state index in [0.29, 0.717) is 11.0 Å². The van der Waals surface area contributed by atoms with E-state index in [0.717, 1.165) is 35.1 Å². The van der Waals surface area contributed by atoms with Crippen molar-refractivity contribution < 1.29 is 45.4 Å². The van der Waals surface area contributed by atoms with Gasteiger partial charge in [-0.25, -0.2) is 22.4 Å². The molecule has 0 radical (unpaired) electrons. The molecule has 0 fully saturated rings. The van der Waals surface area contributed by atoms with Crippen LogP contribution in [0.15, 0.2) is 48.7 Å². The number of rotatable bonds is 4. The number of amides is 3. The Morgan fingerprint density at radius 1 is 1.16 bits per heavy atom. The number of benzene rings is 3. The minimum absolute atomic E-state index is 0.0135. The second-order valence-corrected chi connectivity index (χ2v) is 10.4.